The summed E-state index contributed by atoms with van der Waals surface area (Å²) >= 11 is 0. The van der Waals surface area contributed by atoms with Gasteiger partial charge in [-0.25, -0.2) is 4.68 Å². The molecule has 0 bridgehead atoms. The zero-order chi connectivity index (χ0) is 15.4. The van der Waals surface area contributed by atoms with Gasteiger partial charge in [0.05, 0.1) is 0 Å². The lowest BCUT2D eigenvalue weighted by Gasteiger charge is -2.06. The van der Waals surface area contributed by atoms with Gasteiger partial charge < -0.3 is 5.32 Å². The summed E-state index contributed by atoms with van der Waals surface area (Å²) in [5.41, 5.74) is 2.22. The fourth-order valence-corrected chi connectivity index (χ4v) is 1.99. The van der Waals surface area contributed by atoms with Crippen LogP contribution < -0.4 is 5.32 Å². The van der Waals surface area contributed by atoms with E-state index in [0.717, 1.165) is 12.1 Å². The van der Waals surface area contributed by atoms with E-state index in [2.05, 4.69) is 27.5 Å². The fourth-order valence-electron chi connectivity index (χ4n) is 1.99. The van der Waals surface area contributed by atoms with Gasteiger partial charge >= 0.3 is 0 Å². The SMILES string of the molecule is CCc1ccc(NC(=O)c2ccc(-n3cccn3)nn2)cc1. The molecule has 0 unspecified atom stereocenters. The Labute approximate surface area is 127 Å². The van der Waals surface area contributed by atoms with Crippen LogP contribution in [0.5, 0.6) is 0 Å². The van der Waals surface area contributed by atoms with Crippen LogP contribution in [0.2, 0.25) is 0 Å². The van der Waals surface area contributed by atoms with Gasteiger partial charge in [-0.1, -0.05) is 19.1 Å². The van der Waals surface area contributed by atoms with Crippen molar-refractivity contribution in [3.05, 3.63) is 66.1 Å². The second-order valence-corrected chi connectivity index (χ2v) is 4.73. The summed E-state index contributed by atoms with van der Waals surface area (Å²) in [6.45, 7) is 2.09. The number of amides is 1. The topological polar surface area (TPSA) is 72.7 Å². The van der Waals surface area contributed by atoms with Crippen molar-refractivity contribution in [3.63, 3.8) is 0 Å². The third-order valence-corrected chi connectivity index (χ3v) is 3.24. The monoisotopic (exact) mass is 293 g/mol. The number of hydrogen-bond donors (Lipinski definition) is 1. The van der Waals surface area contributed by atoms with Crippen molar-refractivity contribution in [2.24, 2.45) is 0 Å². The molecule has 1 aromatic carbocycles. The van der Waals surface area contributed by atoms with Crippen LogP contribution in [0.25, 0.3) is 5.82 Å². The van der Waals surface area contributed by atoms with Gasteiger partial charge in [-0.15, -0.1) is 10.2 Å². The maximum Gasteiger partial charge on any atom is 0.276 e. The first-order chi connectivity index (χ1) is 10.8. The van der Waals surface area contributed by atoms with Gasteiger partial charge in [-0.2, -0.15) is 5.10 Å². The van der Waals surface area contributed by atoms with E-state index < -0.39 is 0 Å². The molecule has 1 amide bonds. The Hall–Kier alpha value is -3.02. The molecule has 1 N–H and O–H groups in total. The van der Waals surface area contributed by atoms with Crippen molar-refractivity contribution in [2.45, 2.75) is 13.3 Å². The Bertz CT molecular complexity index is 748. The van der Waals surface area contributed by atoms with E-state index in [1.165, 1.54) is 5.56 Å². The molecule has 2 heterocycles. The first-order valence-corrected chi connectivity index (χ1v) is 7.00. The quantitative estimate of drug-likeness (QED) is 0.802. The van der Waals surface area contributed by atoms with Gasteiger partial charge in [0.15, 0.2) is 11.5 Å². The fraction of sp³-hybridized carbons (Fsp3) is 0.125. The predicted molar refractivity (Wildman–Crippen MR) is 82.9 cm³/mol. The lowest BCUT2D eigenvalue weighted by atomic mass is 10.1. The Kier molecular flexibility index (Phi) is 3.91. The normalized spacial score (nSPS) is 10.4. The van der Waals surface area contributed by atoms with Crippen LogP contribution in [0, 0.1) is 0 Å². The summed E-state index contributed by atoms with van der Waals surface area (Å²) < 4.78 is 1.58. The van der Waals surface area contributed by atoms with Gasteiger partial charge in [-0.05, 0) is 42.3 Å². The van der Waals surface area contributed by atoms with Crippen LogP contribution in [-0.2, 0) is 6.42 Å². The standard InChI is InChI=1S/C16H15N5O/c1-2-12-4-6-13(7-5-12)18-16(22)14-8-9-15(20-19-14)21-11-3-10-17-21/h3-11H,2H2,1H3,(H,18,22). The number of nitrogens with one attached hydrogen (secondary N) is 1. The summed E-state index contributed by atoms with van der Waals surface area (Å²) in [6, 6.07) is 12.9. The van der Waals surface area contributed by atoms with Gasteiger partial charge in [0.1, 0.15) is 0 Å². The van der Waals surface area contributed by atoms with E-state index in [4.69, 9.17) is 0 Å². The Morgan fingerprint density at radius 2 is 1.95 bits per heavy atom. The van der Waals surface area contributed by atoms with Crippen molar-refractivity contribution in [3.8, 4) is 5.82 Å². The number of aromatic nitrogens is 4. The van der Waals surface area contributed by atoms with Gasteiger partial charge in [0.25, 0.3) is 5.91 Å². The highest BCUT2D eigenvalue weighted by Gasteiger charge is 2.09. The van der Waals surface area contributed by atoms with Crippen LogP contribution in [0.4, 0.5) is 5.69 Å². The molecule has 0 saturated heterocycles. The summed E-state index contributed by atoms with van der Waals surface area (Å²) in [4.78, 5) is 12.1. The molecule has 0 saturated carbocycles. The summed E-state index contributed by atoms with van der Waals surface area (Å²) in [5, 5.41) is 14.8. The average Bonchev–Trinajstić information content (AvgIpc) is 3.10. The van der Waals surface area contributed by atoms with Crippen molar-refractivity contribution in [2.75, 3.05) is 5.32 Å². The molecular weight excluding hydrogens is 278 g/mol. The van der Waals surface area contributed by atoms with E-state index in [9.17, 15) is 4.79 Å². The third kappa shape index (κ3) is 3.01. The maximum absolute atomic E-state index is 12.1. The van der Waals surface area contributed by atoms with Crippen LogP contribution >= 0.6 is 0 Å². The van der Waals surface area contributed by atoms with Crippen molar-refractivity contribution in [1.82, 2.24) is 20.0 Å². The molecule has 2 aromatic heterocycles. The highest BCUT2D eigenvalue weighted by Crippen LogP contribution is 2.11. The Balaban J connectivity index is 1.71. The molecule has 0 fully saturated rings. The van der Waals surface area contributed by atoms with E-state index in [0.29, 0.717) is 5.82 Å². The van der Waals surface area contributed by atoms with E-state index in [1.54, 1.807) is 35.3 Å². The molecule has 0 aliphatic carbocycles. The second-order valence-electron chi connectivity index (χ2n) is 4.73. The van der Waals surface area contributed by atoms with Crippen molar-refractivity contribution < 1.29 is 4.79 Å². The molecule has 110 valence electrons. The minimum Gasteiger partial charge on any atom is -0.321 e. The largest absolute Gasteiger partial charge is 0.321 e. The molecule has 6 heteroatoms. The first-order valence-electron chi connectivity index (χ1n) is 7.00. The van der Waals surface area contributed by atoms with Gasteiger partial charge in [-0.3, -0.25) is 4.79 Å². The van der Waals surface area contributed by atoms with E-state index >= 15 is 0 Å². The smallest absolute Gasteiger partial charge is 0.276 e. The molecule has 0 radical (unpaired) electrons. The Morgan fingerprint density at radius 1 is 1.14 bits per heavy atom. The maximum atomic E-state index is 12.1. The zero-order valence-electron chi connectivity index (χ0n) is 12.1. The summed E-state index contributed by atoms with van der Waals surface area (Å²) in [6.07, 6.45) is 4.38. The van der Waals surface area contributed by atoms with Crippen LogP contribution in [0.15, 0.2) is 54.9 Å². The summed E-state index contributed by atoms with van der Waals surface area (Å²) in [7, 11) is 0. The number of rotatable bonds is 4. The molecule has 0 aliphatic heterocycles. The minimum absolute atomic E-state index is 0.260. The average molecular weight is 293 g/mol. The highest BCUT2D eigenvalue weighted by molar-refractivity contribution is 6.02. The molecular formula is C16H15N5O. The number of carbonyl (C=O) groups is 1. The van der Waals surface area contributed by atoms with Crippen LogP contribution in [-0.4, -0.2) is 25.9 Å². The van der Waals surface area contributed by atoms with Crippen LogP contribution in [0.3, 0.4) is 0 Å². The van der Waals surface area contributed by atoms with E-state index in [1.807, 2.05) is 24.3 Å². The van der Waals surface area contributed by atoms with Crippen molar-refractivity contribution >= 4 is 11.6 Å². The highest BCUT2D eigenvalue weighted by atomic mass is 16.1. The summed E-state index contributed by atoms with van der Waals surface area (Å²) in [5.74, 6) is 0.276. The van der Waals surface area contributed by atoms with Crippen LogP contribution in [0.1, 0.15) is 23.0 Å². The number of aryl methyl sites for hydroxylation is 1. The zero-order valence-corrected chi connectivity index (χ0v) is 12.1. The lowest BCUT2D eigenvalue weighted by Crippen LogP contribution is -2.15. The molecule has 0 atom stereocenters. The number of carbonyl (C=O) groups excluding carboxylic acids is 1. The van der Waals surface area contributed by atoms with E-state index in [-0.39, 0.29) is 11.6 Å². The number of hydrogen-bond acceptors (Lipinski definition) is 4. The second kappa shape index (κ2) is 6.17. The number of nitrogens with zero attached hydrogens (tertiary/aromatic N) is 4. The Morgan fingerprint density at radius 3 is 2.55 bits per heavy atom. The third-order valence-electron chi connectivity index (χ3n) is 3.24. The van der Waals surface area contributed by atoms with Gasteiger partial charge in [0.2, 0.25) is 0 Å². The molecule has 6 nitrogen and oxygen atoms in total. The lowest BCUT2D eigenvalue weighted by molar-refractivity contribution is 0.102. The molecule has 0 aliphatic rings. The molecule has 22 heavy (non-hydrogen) atoms. The first kappa shape index (κ1) is 13.9. The molecule has 0 spiro atoms. The molecule has 3 aromatic rings. The molecule has 3 rings (SSSR count). The van der Waals surface area contributed by atoms with Gasteiger partial charge in [0, 0.05) is 18.1 Å². The minimum atomic E-state index is -0.288. The number of anilines is 1. The predicted octanol–water partition coefficient (Wildman–Crippen LogP) is 2.48. The van der Waals surface area contributed by atoms with Crippen molar-refractivity contribution in [1.29, 1.82) is 0 Å². The number of benzene rings is 1.